The first-order chi connectivity index (χ1) is 16.5. The molecule has 0 aliphatic heterocycles. The Kier molecular flexibility index (Phi) is 8.02. The van der Waals surface area contributed by atoms with Crippen LogP contribution >= 0.6 is 0 Å². The van der Waals surface area contributed by atoms with E-state index in [1.54, 1.807) is 0 Å². The summed E-state index contributed by atoms with van der Waals surface area (Å²) in [5.74, 6) is 4.59. The second-order valence-electron chi connectivity index (χ2n) is 9.05. The Balaban J connectivity index is 1.63. The number of aliphatic hydroxyl groups is 1. The summed E-state index contributed by atoms with van der Waals surface area (Å²) in [6.07, 6.45) is 7.11. The molecule has 1 fully saturated rings. The van der Waals surface area contributed by atoms with Gasteiger partial charge in [0, 0.05) is 19.6 Å². The summed E-state index contributed by atoms with van der Waals surface area (Å²) in [6, 6.07) is 18.0. The number of ether oxygens (including phenoxy) is 2. The number of aryl methyl sites for hydroxylation is 2. The van der Waals surface area contributed by atoms with Crippen molar-refractivity contribution in [2.24, 2.45) is 5.92 Å². The van der Waals surface area contributed by atoms with E-state index in [0.29, 0.717) is 24.9 Å². The number of terminal acetylenes is 1. The Morgan fingerprint density at radius 3 is 2.68 bits per heavy atom. The monoisotopic (exact) mass is 459 g/mol. The van der Waals surface area contributed by atoms with Gasteiger partial charge in [-0.05, 0) is 62.4 Å². The van der Waals surface area contributed by atoms with Gasteiger partial charge in [-0.15, -0.1) is 6.42 Å². The largest absolute Gasteiger partial charge is 0.439 e. The van der Waals surface area contributed by atoms with Crippen LogP contribution in [0.25, 0.3) is 5.69 Å². The average Bonchev–Trinajstić information content (AvgIpc) is 3.59. The highest BCUT2D eigenvalue weighted by molar-refractivity contribution is 5.43. The minimum Gasteiger partial charge on any atom is -0.439 e. The third kappa shape index (κ3) is 6.48. The molecule has 34 heavy (non-hydrogen) atoms. The number of benzene rings is 2. The van der Waals surface area contributed by atoms with Crippen molar-refractivity contribution in [2.45, 2.75) is 39.3 Å². The highest BCUT2D eigenvalue weighted by Crippen LogP contribution is 2.34. The molecule has 0 unspecified atom stereocenters. The molecule has 1 aliphatic rings. The van der Waals surface area contributed by atoms with Crippen LogP contribution in [0.3, 0.4) is 0 Å². The number of aliphatic hydroxyl groups excluding tert-OH is 1. The van der Waals surface area contributed by atoms with E-state index in [-0.39, 0.29) is 13.2 Å². The van der Waals surface area contributed by atoms with Crippen molar-refractivity contribution in [2.75, 3.05) is 26.3 Å². The first-order valence-electron chi connectivity index (χ1n) is 11.8. The lowest BCUT2D eigenvalue weighted by Gasteiger charge is -2.25. The zero-order chi connectivity index (χ0) is 23.9. The SMILES string of the molecule is C#CCOC[C@@H](O)CN(Cc1c(C)nn(-c2ccccc2)c1Oc1cccc(C)c1)CC1CC1. The van der Waals surface area contributed by atoms with Crippen LogP contribution in [0.4, 0.5) is 0 Å². The number of hydrogen-bond donors (Lipinski definition) is 1. The van der Waals surface area contributed by atoms with Crippen molar-refractivity contribution >= 4 is 0 Å². The maximum Gasteiger partial charge on any atom is 0.227 e. The van der Waals surface area contributed by atoms with Gasteiger partial charge in [0.25, 0.3) is 0 Å². The first-order valence-corrected chi connectivity index (χ1v) is 11.8. The molecule has 1 heterocycles. The molecule has 0 amide bonds. The average molecular weight is 460 g/mol. The van der Waals surface area contributed by atoms with Crippen LogP contribution in [0.2, 0.25) is 0 Å². The summed E-state index contributed by atoms with van der Waals surface area (Å²) in [5.41, 5.74) is 4.00. The lowest BCUT2D eigenvalue weighted by atomic mass is 10.2. The van der Waals surface area contributed by atoms with E-state index in [2.05, 4.69) is 23.8 Å². The fraction of sp³-hybridized carbons (Fsp3) is 0.393. The Labute approximate surface area is 202 Å². The molecule has 6 nitrogen and oxygen atoms in total. The predicted octanol–water partition coefficient (Wildman–Crippen LogP) is 4.50. The van der Waals surface area contributed by atoms with Gasteiger partial charge in [0.2, 0.25) is 5.88 Å². The van der Waals surface area contributed by atoms with Gasteiger partial charge in [-0.1, -0.05) is 36.3 Å². The standard InChI is InChI=1S/C28H33N3O3/c1-4-15-33-20-25(32)18-30(17-23-13-14-23)19-27-22(3)29-31(24-10-6-5-7-11-24)28(27)34-26-12-8-9-21(2)16-26/h1,5-12,16,23,25,32H,13-15,17-20H2,2-3H3/t25-/m0/s1. The maximum atomic E-state index is 10.6. The van der Waals surface area contributed by atoms with Gasteiger partial charge in [-0.3, -0.25) is 4.90 Å². The molecule has 1 N–H and O–H groups in total. The summed E-state index contributed by atoms with van der Waals surface area (Å²) in [4.78, 5) is 2.28. The van der Waals surface area contributed by atoms with E-state index in [0.717, 1.165) is 34.8 Å². The summed E-state index contributed by atoms with van der Waals surface area (Å²) in [5, 5.41) is 15.4. The lowest BCUT2D eigenvalue weighted by Crippen LogP contribution is -2.36. The second-order valence-corrected chi connectivity index (χ2v) is 9.05. The van der Waals surface area contributed by atoms with Crippen LogP contribution in [0, 0.1) is 32.1 Å². The van der Waals surface area contributed by atoms with Crippen LogP contribution in [-0.4, -0.2) is 52.2 Å². The minimum atomic E-state index is -0.613. The fourth-order valence-electron chi connectivity index (χ4n) is 4.06. The van der Waals surface area contributed by atoms with E-state index < -0.39 is 6.10 Å². The van der Waals surface area contributed by atoms with E-state index in [1.165, 1.54) is 12.8 Å². The molecule has 1 saturated carbocycles. The highest BCUT2D eigenvalue weighted by atomic mass is 16.5. The maximum absolute atomic E-state index is 10.6. The quantitative estimate of drug-likeness (QED) is 0.319. The van der Waals surface area contributed by atoms with Crippen LogP contribution in [-0.2, 0) is 11.3 Å². The summed E-state index contributed by atoms with van der Waals surface area (Å²) >= 11 is 0. The van der Waals surface area contributed by atoms with Gasteiger partial charge in [-0.2, -0.15) is 5.10 Å². The molecule has 4 rings (SSSR count). The molecule has 1 aliphatic carbocycles. The molecular weight excluding hydrogens is 426 g/mol. The molecular formula is C28H33N3O3. The Hall–Kier alpha value is -3.11. The normalized spacial score (nSPS) is 14.2. The fourth-order valence-corrected chi connectivity index (χ4v) is 4.06. The van der Waals surface area contributed by atoms with Crippen LogP contribution < -0.4 is 4.74 Å². The van der Waals surface area contributed by atoms with Gasteiger partial charge >= 0.3 is 0 Å². The Morgan fingerprint density at radius 2 is 1.97 bits per heavy atom. The van der Waals surface area contributed by atoms with Gasteiger partial charge < -0.3 is 14.6 Å². The van der Waals surface area contributed by atoms with E-state index in [4.69, 9.17) is 21.0 Å². The number of nitrogens with zero attached hydrogens (tertiary/aromatic N) is 3. The Bertz CT molecular complexity index is 1120. The molecule has 0 radical (unpaired) electrons. The van der Waals surface area contributed by atoms with Crippen LogP contribution in [0.1, 0.15) is 29.7 Å². The lowest BCUT2D eigenvalue weighted by molar-refractivity contribution is 0.0250. The third-order valence-electron chi connectivity index (χ3n) is 5.90. The van der Waals surface area contributed by atoms with E-state index >= 15 is 0 Å². The number of rotatable bonds is 12. The molecule has 3 aromatic rings. The predicted molar refractivity (Wildman–Crippen MR) is 133 cm³/mol. The van der Waals surface area contributed by atoms with Crippen molar-refractivity contribution in [3.05, 3.63) is 71.4 Å². The molecule has 0 saturated heterocycles. The Morgan fingerprint density at radius 1 is 1.18 bits per heavy atom. The summed E-state index contributed by atoms with van der Waals surface area (Å²) < 4.78 is 13.7. The van der Waals surface area contributed by atoms with Crippen molar-refractivity contribution in [3.63, 3.8) is 0 Å². The molecule has 2 aromatic carbocycles. The first kappa shape index (κ1) is 24.0. The van der Waals surface area contributed by atoms with Crippen molar-refractivity contribution in [3.8, 4) is 29.7 Å². The highest BCUT2D eigenvalue weighted by Gasteiger charge is 2.28. The van der Waals surface area contributed by atoms with Gasteiger partial charge in [-0.25, -0.2) is 4.68 Å². The van der Waals surface area contributed by atoms with Crippen molar-refractivity contribution in [1.82, 2.24) is 14.7 Å². The zero-order valence-electron chi connectivity index (χ0n) is 20.0. The van der Waals surface area contributed by atoms with E-state index in [1.807, 2.05) is 60.1 Å². The topological polar surface area (TPSA) is 59.8 Å². The molecule has 0 spiro atoms. The number of hydrogen-bond acceptors (Lipinski definition) is 5. The molecule has 1 atom stereocenters. The van der Waals surface area contributed by atoms with Gasteiger partial charge in [0.1, 0.15) is 12.4 Å². The van der Waals surface area contributed by atoms with Crippen LogP contribution in [0.5, 0.6) is 11.6 Å². The molecule has 6 heteroatoms. The molecule has 1 aromatic heterocycles. The van der Waals surface area contributed by atoms with Crippen molar-refractivity contribution < 1.29 is 14.6 Å². The number of aromatic nitrogens is 2. The van der Waals surface area contributed by atoms with Crippen LogP contribution in [0.15, 0.2) is 54.6 Å². The van der Waals surface area contributed by atoms with Gasteiger partial charge in [0.05, 0.1) is 29.7 Å². The second kappa shape index (κ2) is 11.3. The number of para-hydroxylation sites is 1. The summed E-state index contributed by atoms with van der Waals surface area (Å²) in [6.45, 7) is 6.54. The van der Waals surface area contributed by atoms with Gasteiger partial charge in [0.15, 0.2) is 0 Å². The zero-order valence-corrected chi connectivity index (χ0v) is 20.0. The molecule has 178 valence electrons. The minimum absolute atomic E-state index is 0.205. The molecule has 0 bridgehead atoms. The summed E-state index contributed by atoms with van der Waals surface area (Å²) in [7, 11) is 0. The smallest absolute Gasteiger partial charge is 0.227 e. The van der Waals surface area contributed by atoms with E-state index in [9.17, 15) is 5.11 Å². The van der Waals surface area contributed by atoms with Crippen molar-refractivity contribution in [1.29, 1.82) is 0 Å². The third-order valence-corrected chi connectivity index (χ3v) is 5.90.